The Morgan fingerprint density at radius 2 is 1.72 bits per heavy atom. The molecule has 1 amide bonds. The molecule has 0 radical (unpaired) electrons. The molecule has 5 rings (SSSR count). The largest absolute Gasteiger partial charge is 0.494 e. The van der Waals surface area contributed by atoms with Crippen LogP contribution in [-0.2, 0) is 0 Å². The highest BCUT2D eigenvalue weighted by Crippen LogP contribution is 2.41. The topological polar surface area (TPSA) is 59.8 Å². The molecule has 0 saturated carbocycles. The summed E-state index contributed by atoms with van der Waals surface area (Å²) >= 11 is 0. The maximum absolute atomic E-state index is 13.6. The minimum absolute atomic E-state index is 0.00885. The van der Waals surface area contributed by atoms with Gasteiger partial charge in [-0.15, -0.1) is 0 Å². The summed E-state index contributed by atoms with van der Waals surface area (Å²) in [6.45, 7) is 4.32. The highest BCUT2D eigenvalue weighted by atomic mass is 19.1. The van der Waals surface area contributed by atoms with Crippen molar-refractivity contribution in [2.45, 2.75) is 19.9 Å². The number of anilines is 1. The van der Waals surface area contributed by atoms with Gasteiger partial charge in [0.25, 0.3) is 5.91 Å². The third-order valence-electron chi connectivity index (χ3n) is 5.64. The van der Waals surface area contributed by atoms with E-state index in [1.807, 2.05) is 32.0 Å². The van der Waals surface area contributed by atoms with Crippen molar-refractivity contribution >= 4 is 22.6 Å². The molecule has 32 heavy (non-hydrogen) atoms. The summed E-state index contributed by atoms with van der Waals surface area (Å²) < 4.78 is 25.1. The molecule has 160 valence electrons. The first-order valence-corrected chi connectivity index (χ1v) is 10.4. The Morgan fingerprint density at radius 3 is 2.41 bits per heavy atom. The molecule has 1 aliphatic rings. The fourth-order valence-electron chi connectivity index (χ4n) is 4.18. The molecule has 1 aliphatic heterocycles. The quantitative estimate of drug-likeness (QED) is 0.437. The van der Waals surface area contributed by atoms with E-state index in [1.165, 1.54) is 29.2 Å². The van der Waals surface area contributed by atoms with Crippen molar-refractivity contribution in [3.63, 3.8) is 0 Å². The summed E-state index contributed by atoms with van der Waals surface area (Å²) in [5.74, 6) is -0.152. The van der Waals surface area contributed by atoms with Gasteiger partial charge in [-0.1, -0.05) is 23.8 Å². The van der Waals surface area contributed by atoms with Crippen molar-refractivity contribution in [2.75, 3.05) is 11.5 Å². The van der Waals surface area contributed by atoms with Crippen molar-refractivity contribution in [1.29, 1.82) is 0 Å². The third-order valence-corrected chi connectivity index (χ3v) is 5.64. The third kappa shape index (κ3) is 3.15. The Hall–Kier alpha value is -3.93. The number of nitrogens with zero attached hydrogens (tertiary/aromatic N) is 1. The Kier molecular flexibility index (Phi) is 4.78. The molecular formula is C26H20FNO4. The minimum atomic E-state index is -0.709. The van der Waals surface area contributed by atoms with Crippen LogP contribution >= 0.6 is 0 Å². The lowest BCUT2D eigenvalue weighted by molar-refractivity contribution is 0.0971. The van der Waals surface area contributed by atoms with Gasteiger partial charge in [0.1, 0.15) is 17.1 Å². The SMILES string of the molecule is CCOc1ccc(C2c3c(oc4ccc(C)cc4c3=O)C(=O)N2c2ccc(F)cc2)cc1. The van der Waals surface area contributed by atoms with Gasteiger partial charge in [0.2, 0.25) is 5.76 Å². The first-order chi connectivity index (χ1) is 15.5. The van der Waals surface area contributed by atoms with E-state index in [0.717, 1.165) is 11.1 Å². The summed E-state index contributed by atoms with van der Waals surface area (Å²) in [5.41, 5.74) is 2.51. The smallest absolute Gasteiger partial charge is 0.295 e. The Morgan fingerprint density at radius 1 is 1.00 bits per heavy atom. The van der Waals surface area contributed by atoms with Crippen molar-refractivity contribution in [3.8, 4) is 5.75 Å². The van der Waals surface area contributed by atoms with Gasteiger partial charge in [0.15, 0.2) is 5.43 Å². The number of ether oxygens (including phenoxy) is 1. The fourth-order valence-corrected chi connectivity index (χ4v) is 4.18. The van der Waals surface area contributed by atoms with Crippen LogP contribution in [0.2, 0.25) is 0 Å². The second-order valence-electron chi connectivity index (χ2n) is 7.73. The molecule has 0 fully saturated rings. The predicted octanol–water partition coefficient (Wildman–Crippen LogP) is 5.39. The Labute approximate surface area is 183 Å². The van der Waals surface area contributed by atoms with Crippen molar-refractivity contribution in [1.82, 2.24) is 0 Å². The molecule has 0 saturated heterocycles. The van der Waals surface area contributed by atoms with Crippen LogP contribution in [0.15, 0.2) is 75.9 Å². The number of carbonyl (C=O) groups is 1. The first-order valence-electron chi connectivity index (χ1n) is 10.4. The van der Waals surface area contributed by atoms with Gasteiger partial charge >= 0.3 is 0 Å². The number of benzene rings is 3. The van der Waals surface area contributed by atoms with Gasteiger partial charge in [-0.25, -0.2) is 4.39 Å². The minimum Gasteiger partial charge on any atom is -0.494 e. The monoisotopic (exact) mass is 429 g/mol. The molecule has 1 unspecified atom stereocenters. The lowest BCUT2D eigenvalue weighted by Crippen LogP contribution is -2.29. The zero-order chi connectivity index (χ0) is 22.4. The van der Waals surface area contributed by atoms with Crippen LogP contribution in [0.5, 0.6) is 5.75 Å². The highest BCUT2D eigenvalue weighted by molar-refractivity contribution is 6.10. The summed E-state index contributed by atoms with van der Waals surface area (Å²) in [4.78, 5) is 28.5. The van der Waals surface area contributed by atoms with Crippen LogP contribution in [-0.4, -0.2) is 12.5 Å². The van der Waals surface area contributed by atoms with E-state index in [1.54, 1.807) is 24.3 Å². The maximum Gasteiger partial charge on any atom is 0.295 e. The van der Waals surface area contributed by atoms with E-state index >= 15 is 0 Å². The number of fused-ring (bicyclic) bond motifs is 2. The zero-order valence-electron chi connectivity index (χ0n) is 17.6. The van der Waals surface area contributed by atoms with Crippen molar-refractivity contribution in [3.05, 3.63) is 105 Å². The summed E-state index contributed by atoms with van der Waals surface area (Å²) in [6, 6.07) is 17.5. The molecule has 4 aromatic rings. The molecule has 3 aromatic carbocycles. The highest BCUT2D eigenvalue weighted by Gasteiger charge is 2.43. The molecule has 6 heteroatoms. The average molecular weight is 429 g/mol. The van der Waals surface area contributed by atoms with E-state index in [9.17, 15) is 14.0 Å². The molecular weight excluding hydrogens is 409 g/mol. The van der Waals surface area contributed by atoms with Crippen molar-refractivity contribution < 1.29 is 18.3 Å². The van der Waals surface area contributed by atoms with E-state index in [4.69, 9.17) is 9.15 Å². The molecule has 2 heterocycles. The standard InChI is InChI=1S/C26H20FNO4/c1-3-31-19-11-5-16(6-12-19)23-22-24(29)20-14-15(2)4-13-21(20)32-25(22)26(30)28(23)18-9-7-17(27)8-10-18/h4-14,23H,3H2,1-2H3. The molecule has 0 aliphatic carbocycles. The fraction of sp³-hybridized carbons (Fsp3) is 0.154. The van der Waals surface area contributed by atoms with Crippen LogP contribution in [0.1, 0.15) is 40.2 Å². The molecule has 1 atom stereocenters. The maximum atomic E-state index is 13.6. The van der Waals surface area contributed by atoms with E-state index < -0.39 is 17.8 Å². The number of amides is 1. The average Bonchev–Trinajstić information content (AvgIpc) is 3.08. The van der Waals surface area contributed by atoms with Crippen LogP contribution < -0.4 is 15.1 Å². The molecule has 0 spiro atoms. The summed E-state index contributed by atoms with van der Waals surface area (Å²) in [5, 5.41) is 0.424. The van der Waals surface area contributed by atoms with E-state index in [-0.39, 0.29) is 16.8 Å². The molecule has 0 bridgehead atoms. The zero-order valence-corrected chi connectivity index (χ0v) is 17.6. The second-order valence-corrected chi connectivity index (χ2v) is 7.73. The normalized spacial score (nSPS) is 15.3. The van der Waals surface area contributed by atoms with Gasteiger partial charge in [0, 0.05) is 5.69 Å². The summed E-state index contributed by atoms with van der Waals surface area (Å²) in [7, 11) is 0. The van der Waals surface area contributed by atoms with Gasteiger partial charge in [-0.3, -0.25) is 14.5 Å². The van der Waals surface area contributed by atoms with Crippen molar-refractivity contribution in [2.24, 2.45) is 0 Å². The molecule has 1 aromatic heterocycles. The Balaban J connectivity index is 1.76. The van der Waals surface area contributed by atoms with Crippen LogP contribution in [0, 0.1) is 12.7 Å². The van der Waals surface area contributed by atoms with Crippen LogP contribution in [0.4, 0.5) is 10.1 Å². The lowest BCUT2D eigenvalue weighted by Gasteiger charge is -2.25. The number of halogens is 1. The number of rotatable bonds is 4. The van der Waals surface area contributed by atoms with E-state index in [0.29, 0.717) is 29.0 Å². The number of hydrogen-bond acceptors (Lipinski definition) is 4. The van der Waals surface area contributed by atoms with Gasteiger partial charge in [-0.05, 0) is 67.9 Å². The van der Waals surface area contributed by atoms with Gasteiger partial charge in [-0.2, -0.15) is 0 Å². The first kappa shape index (κ1) is 20.0. The number of carbonyl (C=O) groups excluding carboxylic acids is 1. The van der Waals surface area contributed by atoms with Crippen LogP contribution in [0.3, 0.4) is 0 Å². The molecule has 5 nitrogen and oxygen atoms in total. The van der Waals surface area contributed by atoms with Gasteiger partial charge < -0.3 is 9.15 Å². The van der Waals surface area contributed by atoms with Gasteiger partial charge in [0.05, 0.1) is 23.6 Å². The lowest BCUT2D eigenvalue weighted by atomic mass is 9.98. The summed E-state index contributed by atoms with van der Waals surface area (Å²) in [6.07, 6.45) is 0. The number of hydrogen-bond donors (Lipinski definition) is 0. The molecule has 0 N–H and O–H groups in total. The predicted molar refractivity (Wildman–Crippen MR) is 120 cm³/mol. The number of aryl methyl sites for hydroxylation is 1. The second kappa shape index (κ2) is 7.64. The Bertz CT molecular complexity index is 1390. The van der Waals surface area contributed by atoms with Crippen LogP contribution in [0.25, 0.3) is 11.0 Å². The van der Waals surface area contributed by atoms with E-state index in [2.05, 4.69) is 0 Å².